The predicted octanol–water partition coefficient (Wildman–Crippen LogP) is 5.68. The van der Waals surface area contributed by atoms with Crippen LogP contribution in [0.15, 0.2) is 53.1 Å². The maximum absolute atomic E-state index is 6.27. The van der Waals surface area contributed by atoms with Gasteiger partial charge in [0.1, 0.15) is 6.61 Å². The van der Waals surface area contributed by atoms with Crippen molar-refractivity contribution in [2.45, 2.75) is 13.5 Å². The average molecular weight is 407 g/mol. The summed E-state index contributed by atoms with van der Waals surface area (Å²) in [6.07, 6.45) is 1.68. The minimum Gasteiger partial charge on any atom is -0.487 e. The fraction of sp³-hybridized carbons (Fsp3) is 0.250. The molecule has 0 amide bonds. The Morgan fingerprint density at radius 1 is 1.11 bits per heavy atom. The molecule has 5 nitrogen and oxygen atoms in total. The first-order chi connectivity index (χ1) is 13.2. The van der Waals surface area contributed by atoms with Gasteiger partial charge in [-0.25, -0.2) is 4.98 Å². The van der Waals surface area contributed by atoms with E-state index in [1.807, 2.05) is 43.3 Å². The van der Waals surface area contributed by atoms with Gasteiger partial charge in [-0.3, -0.25) is 0 Å². The second kappa shape index (κ2) is 9.65. The molecule has 0 saturated heterocycles. The summed E-state index contributed by atoms with van der Waals surface area (Å²) in [5.41, 5.74) is 1.64. The summed E-state index contributed by atoms with van der Waals surface area (Å²) in [4.78, 5) is 4.31. The normalized spacial score (nSPS) is 10.8. The third-order valence-electron chi connectivity index (χ3n) is 3.74. The molecule has 0 unspecified atom stereocenters. The highest BCUT2D eigenvalue weighted by Crippen LogP contribution is 2.33. The first-order valence-corrected chi connectivity index (χ1v) is 9.36. The summed E-state index contributed by atoms with van der Waals surface area (Å²) in [5.74, 6) is 1.79. The van der Waals surface area contributed by atoms with E-state index in [1.54, 1.807) is 12.3 Å². The summed E-state index contributed by atoms with van der Waals surface area (Å²) in [6, 6.07) is 13.0. The maximum atomic E-state index is 6.27. The van der Waals surface area contributed by atoms with Crippen molar-refractivity contribution in [2.75, 3.05) is 25.1 Å². The number of anilines is 1. The van der Waals surface area contributed by atoms with Gasteiger partial charge < -0.3 is 19.2 Å². The number of oxazole rings is 1. The summed E-state index contributed by atoms with van der Waals surface area (Å²) in [5, 5.41) is 4.44. The molecule has 0 aliphatic rings. The van der Waals surface area contributed by atoms with Crippen molar-refractivity contribution < 1.29 is 13.9 Å². The van der Waals surface area contributed by atoms with Crippen molar-refractivity contribution in [1.82, 2.24) is 4.98 Å². The van der Waals surface area contributed by atoms with E-state index in [0.29, 0.717) is 53.8 Å². The lowest BCUT2D eigenvalue weighted by Gasteiger charge is -2.14. The topological polar surface area (TPSA) is 56.5 Å². The first-order valence-electron chi connectivity index (χ1n) is 8.61. The van der Waals surface area contributed by atoms with Crippen LogP contribution in [-0.2, 0) is 11.3 Å². The van der Waals surface area contributed by atoms with Crippen molar-refractivity contribution in [3.8, 4) is 17.1 Å². The number of para-hydroxylation sites is 1. The zero-order valence-corrected chi connectivity index (χ0v) is 16.4. The number of ether oxygens (including phenoxy) is 2. The molecule has 0 radical (unpaired) electrons. The van der Waals surface area contributed by atoms with Gasteiger partial charge in [-0.1, -0.05) is 41.4 Å². The molecule has 1 N–H and O–H groups in total. The molecule has 3 rings (SSSR count). The highest BCUT2D eigenvalue weighted by Gasteiger charge is 2.11. The Labute approximate surface area is 168 Å². The van der Waals surface area contributed by atoms with Crippen molar-refractivity contribution in [1.29, 1.82) is 0 Å². The van der Waals surface area contributed by atoms with Crippen molar-refractivity contribution in [3.63, 3.8) is 0 Å². The molecular formula is C20H20Cl2N2O3. The molecule has 7 heteroatoms. The van der Waals surface area contributed by atoms with Crippen LogP contribution in [0.2, 0.25) is 10.0 Å². The molecule has 0 atom stereocenters. The zero-order chi connectivity index (χ0) is 19.1. The third-order valence-corrected chi connectivity index (χ3v) is 4.27. The molecule has 1 aromatic heterocycles. The van der Waals surface area contributed by atoms with Gasteiger partial charge >= 0.3 is 0 Å². The van der Waals surface area contributed by atoms with Crippen LogP contribution in [0.4, 0.5) is 5.69 Å². The van der Waals surface area contributed by atoms with Crippen LogP contribution in [0.5, 0.6) is 5.75 Å². The molecule has 0 bridgehead atoms. The van der Waals surface area contributed by atoms with E-state index in [1.165, 1.54) is 0 Å². The predicted molar refractivity (Wildman–Crippen MR) is 108 cm³/mol. The van der Waals surface area contributed by atoms with Crippen LogP contribution < -0.4 is 10.1 Å². The lowest BCUT2D eigenvalue weighted by molar-refractivity contribution is 0.110. The van der Waals surface area contributed by atoms with Gasteiger partial charge in [-0.15, -0.1) is 0 Å². The largest absolute Gasteiger partial charge is 0.487 e. The number of rotatable bonds is 9. The SMILES string of the molecule is CCOCCOc1c(Cl)cccc1NCc1ncc(-c2cccc(Cl)c2)o1. The average Bonchev–Trinajstić information content (AvgIpc) is 3.14. The molecule has 3 aromatic rings. The molecule has 142 valence electrons. The highest BCUT2D eigenvalue weighted by atomic mass is 35.5. The van der Waals surface area contributed by atoms with E-state index in [0.717, 1.165) is 11.3 Å². The first kappa shape index (κ1) is 19.5. The van der Waals surface area contributed by atoms with Crippen LogP contribution in [-0.4, -0.2) is 24.8 Å². The Kier molecular flexibility index (Phi) is 6.98. The van der Waals surface area contributed by atoms with Gasteiger partial charge in [0.25, 0.3) is 0 Å². The highest BCUT2D eigenvalue weighted by molar-refractivity contribution is 6.32. The molecule has 27 heavy (non-hydrogen) atoms. The van der Waals surface area contributed by atoms with E-state index in [9.17, 15) is 0 Å². The van der Waals surface area contributed by atoms with Gasteiger partial charge in [0.05, 0.1) is 30.1 Å². The fourth-order valence-corrected chi connectivity index (χ4v) is 2.90. The molecular weight excluding hydrogens is 387 g/mol. The zero-order valence-electron chi connectivity index (χ0n) is 14.9. The lowest BCUT2D eigenvalue weighted by Crippen LogP contribution is -2.09. The van der Waals surface area contributed by atoms with Crippen molar-refractivity contribution >= 4 is 28.9 Å². The van der Waals surface area contributed by atoms with Gasteiger partial charge in [-0.05, 0) is 31.2 Å². The van der Waals surface area contributed by atoms with E-state index in [2.05, 4.69) is 10.3 Å². The second-order valence-corrected chi connectivity index (χ2v) is 6.49. The van der Waals surface area contributed by atoms with Gasteiger partial charge in [0.2, 0.25) is 5.89 Å². The number of halogens is 2. The van der Waals surface area contributed by atoms with E-state index in [-0.39, 0.29) is 0 Å². The van der Waals surface area contributed by atoms with E-state index < -0.39 is 0 Å². The number of nitrogens with one attached hydrogen (secondary N) is 1. The van der Waals surface area contributed by atoms with Crippen LogP contribution in [0.3, 0.4) is 0 Å². The summed E-state index contributed by atoms with van der Waals surface area (Å²) in [7, 11) is 0. The van der Waals surface area contributed by atoms with Gasteiger partial charge in [-0.2, -0.15) is 0 Å². The monoisotopic (exact) mass is 406 g/mol. The number of benzene rings is 2. The summed E-state index contributed by atoms with van der Waals surface area (Å²) < 4.78 is 16.9. The van der Waals surface area contributed by atoms with Crippen LogP contribution in [0, 0.1) is 0 Å². The molecule has 2 aromatic carbocycles. The second-order valence-electron chi connectivity index (χ2n) is 5.64. The fourth-order valence-electron chi connectivity index (χ4n) is 2.48. The quantitative estimate of drug-likeness (QED) is 0.463. The molecule has 1 heterocycles. The smallest absolute Gasteiger partial charge is 0.214 e. The molecule has 0 saturated carbocycles. The minimum absolute atomic E-state index is 0.392. The lowest BCUT2D eigenvalue weighted by atomic mass is 10.2. The van der Waals surface area contributed by atoms with Gasteiger partial charge in [0, 0.05) is 17.2 Å². The van der Waals surface area contributed by atoms with E-state index >= 15 is 0 Å². The van der Waals surface area contributed by atoms with Crippen LogP contribution >= 0.6 is 23.2 Å². The summed E-state index contributed by atoms with van der Waals surface area (Å²) >= 11 is 12.3. The molecule has 0 spiro atoms. The van der Waals surface area contributed by atoms with Crippen molar-refractivity contribution in [3.05, 3.63) is 64.6 Å². The minimum atomic E-state index is 0.392. The third kappa shape index (κ3) is 5.39. The van der Waals surface area contributed by atoms with Crippen LogP contribution in [0.25, 0.3) is 11.3 Å². The Morgan fingerprint density at radius 3 is 2.78 bits per heavy atom. The molecule has 0 aliphatic heterocycles. The van der Waals surface area contributed by atoms with Crippen LogP contribution in [0.1, 0.15) is 12.8 Å². The van der Waals surface area contributed by atoms with Gasteiger partial charge in [0.15, 0.2) is 11.5 Å². The number of aromatic nitrogens is 1. The Bertz CT molecular complexity index is 883. The standard InChI is InChI=1S/C20H20Cl2N2O3/c1-2-25-9-10-26-20-16(22)7-4-8-17(20)23-13-19-24-12-18(27-19)14-5-3-6-15(21)11-14/h3-8,11-12,23H,2,9-10,13H2,1H3. The maximum Gasteiger partial charge on any atom is 0.214 e. The number of nitrogens with zero attached hydrogens (tertiary/aromatic N) is 1. The molecule has 0 aliphatic carbocycles. The Morgan fingerprint density at radius 2 is 1.96 bits per heavy atom. The molecule has 0 fully saturated rings. The number of hydrogen-bond donors (Lipinski definition) is 1. The summed E-state index contributed by atoms with van der Waals surface area (Å²) in [6.45, 7) is 3.91. The Hall–Kier alpha value is -2.21. The van der Waals surface area contributed by atoms with Crippen molar-refractivity contribution in [2.24, 2.45) is 0 Å². The van der Waals surface area contributed by atoms with E-state index in [4.69, 9.17) is 37.1 Å². The Balaban J connectivity index is 1.66. The number of hydrogen-bond acceptors (Lipinski definition) is 5.